The number of hydrogen-bond acceptors (Lipinski definition) is 24. The fourth-order valence-electron chi connectivity index (χ4n) is 17.8. The van der Waals surface area contributed by atoms with E-state index in [2.05, 4.69) is 87.4 Å². The number of aliphatic carboxylic acids is 1. The van der Waals surface area contributed by atoms with Crippen LogP contribution in [0.5, 0.6) is 0 Å². The molecule has 18 rings (SSSR count). The molecule has 32 heteroatoms. The first-order valence-electron chi connectivity index (χ1n) is 45.1. The zero-order chi connectivity index (χ0) is 92.9. The number of aryl methyl sites for hydroxylation is 4. The number of nitrogens with zero attached hydrogens (tertiary/aromatic N) is 10. The molecule has 32 nitrogen and oxygen atoms in total. The van der Waals surface area contributed by atoms with Gasteiger partial charge in [0.1, 0.15) is 34.8 Å². The van der Waals surface area contributed by atoms with E-state index in [-0.39, 0.29) is 54.5 Å². The zero-order valence-corrected chi connectivity index (χ0v) is 73.9. The molecule has 133 heavy (non-hydrogen) atoms. The van der Waals surface area contributed by atoms with E-state index < -0.39 is 65.3 Å². The number of imide groups is 4. The van der Waals surface area contributed by atoms with Crippen molar-refractivity contribution in [2.24, 2.45) is 11.5 Å². The van der Waals surface area contributed by atoms with E-state index in [0.717, 1.165) is 102 Å². The predicted molar refractivity (Wildman–Crippen MR) is 497 cm³/mol. The first-order chi connectivity index (χ1) is 64.5. The third kappa shape index (κ3) is 20.6. The van der Waals surface area contributed by atoms with Gasteiger partial charge in [0, 0.05) is 92.4 Å². The number of amides is 9. The monoisotopic (exact) mass is 1800 g/mol. The molecule has 9 amide bonds. The molecule has 684 valence electrons. The highest BCUT2D eigenvalue weighted by Gasteiger charge is 2.48. The Labute approximate surface area is 767 Å². The van der Waals surface area contributed by atoms with Crippen LogP contribution in [0.3, 0.4) is 0 Å². The Hall–Kier alpha value is -14.3. The number of nitrogens with two attached hydrogens (primary N) is 4. The maximum Gasteiger partial charge on any atom is 0.303 e. The number of imidazole rings is 2. The van der Waals surface area contributed by atoms with E-state index in [1.54, 1.807) is 42.7 Å². The van der Waals surface area contributed by atoms with Crippen molar-refractivity contribution >= 4 is 93.1 Å². The quantitative estimate of drug-likeness (QED) is 0.0135. The van der Waals surface area contributed by atoms with E-state index in [4.69, 9.17) is 66.9 Å². The van der Waals surface area contributed by atoms with Crippen molar-refractivity contribution in [3.8, 4) is 56.7 Å². The lowest BCUT2D eigenvalue weighted by molar-refractivity contribution is -0.137. The summed E-state index contributed by atoms with van der Waals surface area (Å²) < 4.78 is 26.2. The number of ether oxygens (including phenoxy) is 4. The molecule has 6 aromatic carbocycles. The second kappa shape index (κ2) is 41.4. The van der Waals surface area contributed by atoms with Crippen molar-refractivity contribution in [2.75, 3.05) is 77.4 Å². The summed E-state index contributed by atoms with van der Waals surface area (Å²) in [4.78, 5) is 154. The van der Waals surface area contributed by atoms with Crippen molar-refractivity contribution < 1.29 is 72.0 Å². The number of fused-ring (bicyclic) bond motifs is 4. The van der Waals surface area contributed by atoms with Crippen LogP contribution in [0.15, 0.2) is 194 Å². The molecule has 2 saturated heterocycles. The first kappa shape index (κ1) is 92.0. The minimum absolute atomic E-state index is 0.0667. The van der Waals surface area contributed by atoms with Crippen LogP contribution in [-0.4, -0.2) is 191 Å². The first-order valence-corrected chi connectivity index (χ1v) is 45.1. The Balaban J connectivity index is 0.000000162. The summed E-state index contributed by atoms with van der Waals surface area (Å²) in [7, 11) is 0. The Morgan fingerprint density at radius 1 is 0.481 bits per heavy atom. The van der Waals surface area contributed by atoms with Crippen LogP contribution >= 0.6 is 0 Å². The van der Waals surface area contributed by atoms with Gasteiger partial charge in [-0.05, 0) is 219 Å². The number of carbonyl (C=O) groups excluding carboxylic acids is 9. The van der Waals surface area contributed by atoms with Gasteiger partial charge in [-0.2, -0.15) is 0 Å². The fraction of sp³-hybridized carbons (Fsp3) is 0.327. The molecule has 12 aromatic rings. The third-order valence-electron chi connectivity index (χ3n) is 25.3. The minimum atomic E-state index is -1.00. The summed E-state index contributed by atoms with van der Waals surface area (Å²) in [6, 6.07) is 56.6. The largest absolute Gasteiger partial charge is 0.481 e. The summed E-state index contributed by atoms with van der Waals surface area (Å²) in [5.74, 6) is -2.83. The van der Waals surface area contributed by atoms with Crippen LogP contribution in [0, 0.1) is 0 Å². The zero-order valence-electron chi connectivity index (χ0n) is 73.9. The number of piperidine rings is 2. The molecule has 0 bridgehead atoms. The molecular formula is C101H105N17O15. The van der Waals surface area contributed by atoms with E-state index >= 15 is 0 Å². The van der Waals surface area contributed by atoms with E-state index in [1.165, 1.54) is 24.8 Å². The lowest BCUT2D eigenvalue weighted by Gasteiger charge is -2.39. The number of rotatable bonds is 35. The van der Waals surface area contributed by atoms with E-state index in [0.29, 0.717) is 173 Å². The van der Waals surface area contributed by atoms with Gasteiger partial charge in [0.2, 0.25) is 29.5 Å². The number of carbonyl (C=O) groups is 10. The minimum Gasteiger partial charge on any atom is -0.481 e. The average molecular weight is 1800 g/mol. The summed E-state index contributed by atoms with van der Waals surface area (Å²) >= 11 is 0. The molecule has 6 aromatic heterocycles. The Morgan fingerprint density at radius 2 is 0.925 bits per heavy atom. The molecule has 12 N–H and O–H groups in total. The van der Waals surface area contributed by atoms with E-state index in [9.17, 15) is 47.9 Å². The molecule has 2 atom stereocenters. The van der Waals surface area contributed by atoms with Gasteiger partial charge in [0.15, 0.2) is 22.9 Å². The number of nitrogens with one attached hydrogen (secondary N) is 3. The average Bonchev–Trinajstić information content (AvgIpc) is 1.59. The van der Waals surface area contributed by atoms with Crippen LogP contribution in [-0.2, 0) is 84.4 Å². The molecule has 4 aliphatic heterocycles. The lowest BCUT2D eigenvalue weighted by Crippen LogP contribution is -2.54. The van der Waals surface area contributed by atoms with Gasteiger partial charge >= 0.3 is 5.97 Å². The fourth-order valence-corrected chi connectivity index (χ4v) is 17.8. The highest BCUT2D eigenvalue weighted by molar-refractivity contribution is 6.25. The molecule has 2 saturated carbocycles. The summed E-state index contributed by atoms with van der Waals surface area (Å²) in [5, 5.41) is 16.4. The number of aromatic nitrogens is 8. The van der Waals surface area contributed by atoms with Crippen molar-refractivity contribution in [1.29, 1.82) is 0 Å². The summed E-state index contributed by atoms with van der Waals surface area (Å²) in [6.45, 7) is 6.54. The van der Waals surface area contributed by atoms with Crippen LogP contribution in [0.4, 0.5) is 11.6 Å². The molecule has 4 fully saturated rings. The molecule has 2 aliphatic carbocycles. The maximum absolute atomic E-state index is 13.3. The van der Waals surface area contributed by atoms with Gasteiger partial charge in [0.05, 0.1) is 84.4 Å². The number of carboxylic acids is 1. The third-order valence-corrected chi connectivity index (χ3v) is 25.3. The molecule has 2 unspecified atom stereocenters. The summed E-state index contributed by atoms with van der Waals surface area (Å²) in [6.07, 6.45) is 14.3. The molecular weight excluding hydrogens is 1690 g/mol. The number of hydrogen-bond donors (Lipinski definition) is 8. The van der Waals surface area contributed by atoms with Crippen molar-refractivity contribution in [1.82, 2.24) is 64.8 Å². The Kier molecular flexibility index (Phi) is 28.7. The standard InChI is InChI=1S/C50H51N9O7.C31H29N5O2.C20H25N3O6/c51-44-37(11-3-24-54-44)45-56-39-18-17-38(55-46(39)58(45)35-15-13-34(14-16-35)50(52)22-5-23-50)33-8-1-6-31(30-33)12-20-41(60)53-25-27-66-29-28-65-26-4-9-32-7-2-10-36-43(32)49(64)59(48(36)63)40-19-21-42(61)57-47(40)62;1-31(16-4-17-31)22-9-11-23(12-10-22)36-29(24-7-3-18-33-28(24)32)35-26-14-13-25(34-30(26)36)21-6-2-5-20(19-21)8-15-27(37)38;21-8-10-29-12-11-28-9-2-4-13-3-1-5-14-17(13)20(27)23(19(14)26)15-6-7-16(24)22-18(15)25/h1-3,6-8,10-11,13-18,24,30,40H,4-5,9,12,19-23,25-29,52H2,(H2,51,54)(H,53,60)(H,57,61,62);2-3,5-7,9-14,18-19H,4,8,15-17H2,1H3,(H2,32,33)(H,37,38);1,3,5,15H,2,4,6-12,21H2,(H,22,24,25). The predicted octanol–water partition coefficient (Wildman–Crippen LogP) is 11.4. The van der Waals surface area contributed by atoms with Crippen molar-refractivity contribution in [2.45, 2.75) is 146 Å². The van der Waals surface area contributed by atoms with E-state index in [1.807, 2.05) is 106 Å². The van der Waals surface area contributed by atoms with Gasteiger partial charge in [-0.25, -0.2) is 29.9 Å². The normalized spacial score (nSPS) is 16.5. The van der Waals surface area contributed by atoms with Crippen LogP contribution in [0.25, 0.3) is 79.0 Å². The van der Waals surface area contributed by atoms with Crippen molar-refractivity contribution in [3.63, 3.8) is 0 Å². The number of benzene rings is 6. The molecule has 0 radical (unpaired) electrons. The highest BCUT2D eigenvalue weighted by atomic mass is 16.5. The highest BCUT2D eigenvalue weighted by Crippen LogP contribution is 2.45. The van der Waals surface area contributed by atoms with Crippen molar-refractivity contribution in [3.05, 3.63) is 250 Å². The number of anilines is 2. The number of nitrogen functional groups attached to an aromatic ring is 2. The van der Waals surface area contributed by atoms with Gasteiger partial charge in [-0.1, -0.05) is 98.3 Å². The van der Waals surface area contributed by atoms with Crippen LogP contribution in [0.2, 0.25) is 0 Å². The Bertz CT molecular complexity index is 6420. The maximum atomic E-state index is 13.3. The topological polar surface area (TPSA) is 462 Å². The molecule has 6 aliphatic rings. The van der Waals surface area contributed by atoms with Gasteiger partial charge in [-0.15, -0.1) is 0 Å². The van der Waals surface area contributed by atoms with Gasteiger partial charge < -0.3 is 52.3 Å². The lowest BCUT2D eigenvalue weighted by atomic mass is 9.66. The van der Waals surface area contributed by atoms with Gasteiger partial charge in [-0.3, -0.25) is 77.5 Å². The SMILES string of the molecule is CC1(c2ccc(-n3c(-c4cccnc4N)nc4ccc(-c5cccc(CCC(=O)O)c5)nc43)cc2)CCC1.NCCOCCOCCCc1cccc2c1C(=O)N(C1CCC(=O)NC1=O)C2=O.Nc1ncccc1-c1nc2ccc(-c3cccc(CCC(=O)NCCOCCOCCCc4cccc5c4C(=O)N(C4CCC(=O)NC4=O)C5=O)c3)nc2n1-c1ccc(C2(N)CCC2)cc1. The Morgan fingerprint density at radius 3 is 1.36 bits per heavy atom. The second-order valence-corrected chi connectivity index (χ2v) is 34.2. The number of carboxylic acid groups (broad SMARTS) is 1. The molecule has 10 heterocycles. The summed E-state index contributed by atoms with van der Waals surface area (Å²) in [5.41, 5.74) is 41.3. The van der Waals surface area contributed by atoms with Gasteiger partial charge in [0.25, 0.3) is 23.6 Å². The molecule has 0 spiro atoms. The smallest absolute Gasteiger partial charge is 0.303 e. The number of pyridine rings is 4. The second-order valence-electron chi connectivity index (χ2n) is 34.2. The van der Waals surface area contributed by atoms with Crippen LogP contribution < -0.4 is 38.9 Å². The van der Waals surface area contributed by atoms with Crippen LogP contribution in [0.1, 0.15) is 172 Å².